The molecule has 2 N–H and O–H groups in total. The molecule has 1 amide bonds. The number of aromatic carboxylic acids is 1. The van der Waals surface area contributed by atoms with Crippen molar-refractivity contribution in [2.24, 2.45) is 0 Å². The number of carboxylic acid groups (broad SMARTS) is 1. The third-order valence-electron chi connectivity index (χ3n) is 4.54. The Morgan fingerprint density at radius 3 is 2.32 bits per heavy atom. The SMILES string of the molecule is CCCCCCCCSc1ccc(C(=O)Nc2cc(C)ccc2C(=O)O)cc1. The summed E-state index contributed by atoms with van der Waals surface area (Å²) in [4.78, 5) is 25.0. The van der Waals surface area contributed by atoms with E-state index < -0.39 is 5.97 Å². The Morgan fingerprint density at radius 1 is 0.964 bits per heavy atom. The van der Waals surface area contributed by atoms with Gasteiger partial charge in [-0.25, -0.2) is 4.79 Å². The summed E-state index contributed by atoms with van der Waals surface area (Å²) in [5, 5.41) is 12.0. The zero-order valence-electron chi connectivity index (χ0n) is 16.7. The number of carbonyl (C=O) groups is 2. The van der Waals surface area contributed by atoms with Gasteiger partial charge in [0.2, 0.25) is 0 Å². The van der Waals surface area contributed by atoms with Gasteiger partial charge in [0.1, 0.15) is 0 Å². The summed E-state index contributed by atoms with van der Waals surface area (Å²) >= 11 is 1.81. The lowest BCUT2D eigenvalue weighted by Gasteiger charge is -2.10. The molecule has 0 aliphatic carbocycles. The molecule has 0 aliphatic heterocycles. The maximum absolute atomic E-state index is 12.5. The predicted molar refractivity (Wildman–Crippen MR) is 117 cm³/mol. The zero-order valence-corrected chi connectivity index (χ0v) is 17.5. The number of amides is 1. The van der Waals surface area contributed by atoms with Crippen LogP contribution in [0.3, 0.4) is 0 Å². The van der Waals surface area contributed by atoms with Gasteiger partial charge < -0.3 is 10.4 Å². The van der Waals surface area contributed by atoms with Crippen molar-refractivity contribution in [3.63, 3.8) is 0 Å². The molecule has 0 bridgehead atoms. The Morgan fingerprint density at radius 2 is 1.64 bits per heavy atom. The Bertz CT molecular complexity index is 787. The molecule has 4 nitrogen and oxygen atoms in total. The van der Waals surface area contributed by atoms with Crippen molar-refractivity contribution in [3.8, 4) is 0 Å². The van der Waals surface area contributed by atoms with Crippen LogP contribution >= 0.6 is 11.8 Å². The summed E-state index contributed by atoms with van der Waals surface area (Å²) in [6.07, 6.45) is 7.72. The number of benzene rings is 2. The third-order valence-corrected chi connectivity index (χ3v) is 5.64. The van der Waals surface area contributed by atoms with Crippen molar-refractivity contribution in [1.82, 2.24) is 0 Å². The van der Waals surface area contributed by atoms with Crippen LogP contribution in [0, 0.1) is 6.92 Å². The van der Waals surface area contributed by atoms with Gasteiger partial charge in [-0.2, -0.15) is 0 Å². The third kappa shape index (κ3) is 7.04. The number of carboxylic acids is 1. The number of thioether (sulfide) groups is 1. The summed E-state index contributed by atoms with van der Waals surface area (Å²) in [6, 6.07) is 12.4. The van der Waals surface area contributed by atoms with E-state index in [0.29, 0.717) is 11.3 Å². The second-order valence-electron chi connectivity index (χ2n) is 6.95. The molecule has 0 aliphatic rings. The lowest BCUT2D eigenvalue weighted by Crippen LogP contribution is -2.15. The molecule has 28 heavy (non-hydrogen) atoms. The van der Waals surface area contributed by atoms with Crippen LogP contribution in [0.1, 0.15) is 71.7 Å². The first-order valence-electron chi connectivity index (χ1n) is 9.89. The first-order chi connectivity index (χ1) is 13.5. The largest absolute Gasteiger partial charge is 0.478 e. The first-order valence-corrected chi connectivity index (χ1v) is 10.9. The number of nitrogens with one attached hydrogen (secondary N) is 1. The molecule has 0 fully saturated rings. The fourth-order valence-corrected chi connectivity index (χ4v) is 3.83. The van der Waals surface area contributed by atoms with E-state index in [1.54, 1.807) is 24.3 Å². The molecule has 0 unspecified atom stereocenters. The summed E-state index contributed by atoms with van der Waals surface area (Å²) in [6.45, 7) is 4.09. The Labute approximate surface area is 171 Å². The smallest absolute Gasteiger partial charge is 0.337 e. The van der Waals surface area contributed by atoms with E-state index in [-0.39, 0.29) is 11.5 Å². The Kier molecular flexibility index (Phi) is 9.08. The lowest BCUT2D eigenvalue weighted by atomic mass is 10.1. The highest BCUT2D eigenvalue weighted by atomic mass is 32.2. The Balaban J connectivity index is 1.87. The molecule has 150 valence electrons. The minimum Gasteiger partial charge on any atom is -0.478 e. The molecule has 0 aromatic heterocycles. The van der Waals surface area contributed by atoms with Gasteiger partial charge in [-0.15, -0.1) is 11.8 Å². The topological polar surface area (TPSA) is 66.4 Å². The van der Waals surface area contributed by atoms with E-state index >= 15 is 0 Å². The number of rotatable bonds is 11. The van der Waals surface area contributed by atoms with E-state index in [1.807, 2.05) is 30.8 Å². The second kappa shape index (κ2) is 11.5. The van der Waals surface area contributed by atoms with Crippen molar-refractivity contribution in [1.29, 1.82) is 0 Å². The van der Waals surface area contributed by atoms with Crippen LogP contribution in [0.2, 0.25) is 0 Å². The Hall–Kier alpha value is -2.27. The molecule has 2 aromatic rings. The van der Waals surface area contributed by atoms with Crippen molar-refractivity contribution in [3.05, 3.63) is 59.2 Å². The molecule has 2 rings (SSSR count). The van der Waals surface area contributed by atoms with Gasteiger partial charge in [0.05, 0.1) is 11.3 Å². The molecule has 0 spiro atoms. The minimum absolute atomic E-state index is 0.0880. The molecule has 0 atom stereocenters. The second-order valence-corrected chi connectivity index (χ2v) is 8.12. The lowest BCUT2D eigenvalue weighted by molar-refractivity contribution is 0.0698. The van der Waals surface area contributed by atoms with Crippen molar-refractivity contribution >= 4 is 29.3 Å². The monoisotopic (exact) mass is 399 g/mol. The summed E-state index contributed by atoms with van der Waals surface area (Å²) in [7, 11) is 0. The molecule has 2 aromatic carbocycles. The summed E-state index contributed by atoms with van der Waals surface area (Å²) < 4.78 is 0. The predicted octanol–water partition coefficient (Wildman–Crippen LogP) is 6.40. The quantitative estimate of drug-likeness (QED) is 0.339. The van der Waals surface area contributed by atoms with Crippen LogP contribution in [0.25, 0.3) is 0 Å². The van der Waals surface area contributed by atoms with Crippen LogP contribution in [0.15, 0.2) is 47.4 Å². The normalized spacial score (nSPS) is 10.6. The number of aryl methyl sites for hydroxylation is 1. The van der Waals surface area contributed by atoms with Crippen molar-refractivity contribution in [2.45, 2.75) is 57.3 Å². The van der Waals surface area contributed by atoms with E-state index in [4.69, 9.17) is 0 Å². The van der Waals surface area contributed by atoms with Crippen LogP contribution in [-0.2, 0) is 0 Å². The van der Waals surface area contributed by atoms with Gasteiger partial charge >= 0.3 is 5.97 Å². The molecular formula is C23H29NO3S. The molecule has 0 heterocycles. The van der Waals surface area contributed by atoms with Gasteiger partial charge in [0.15, 0.2) is 0 Å². The highest BCUT2D eigenvalue weighted by molar-refractivity contribution is 7.99. The fourth-order valence-electron chi connectivity index (χ4n) is 2.92. The first kappa shape index (κ1) is 22.0. The number of unbranched alkanes of at least 4 members (excludes halogenated alkanes) is 5. The molecule has 0 radical (unpaired) electrons. The van der Waals surface area contributed by atoms with E-state index in [0.717, 1.165) is 16.2 Å². The van der Waals surface area contributed by atoms with E-state index in [2.05, 4.69) is 12.2 Å². The summed E-state index contributed by atoms with van der Waals surface area (Å²) in [5.74, 6) is -0.277. The molecule has 5 heteroatoms. The van der Waals surface area contributed by atoms with Gasteiger partial charge in [0, 0.05) is 10.5 Å². The number of hydrogen-bond donors (Lipinski definition) is 2. The summed E-state index contributed by atoms with van der Waals surface area (Å²) in [5.41, 5.74) is 1.81. The van der Waals surface area contributed by atoms with Crippen LogP contribution < -0.4 is 5.32 Å². The number of anilines is 1. The molecule has 0 saturated heterocycles. The van der Waals surface area contributed by atoms with Crippen LogP contribution in [-0.4, -0.2) is 22.7 Å². The minimum atomic E-state index is -1.06. The highest BCUT2D eigenvalue weighted by Crippen LogP contribution is 2.22. The van der Waals surface area contributed by atoms with Crippen molar-refractivity contribution in [2.75, 3.05) is 11.1 Å². The van der Waals surface area contributed by atoms with E-state index in [1.165, 1.54) is 44.6 Å². The van der Waals surface area contributed by atoms with Gasteiger partial charge in [0.25, 0.3) is 5.91 Å². The van der Waals surface area contributed by atoms with Gasteiger partial charge in [-0.3, -0.25) is 4.79 Å². The standard InChI is InChI=1S/C23H29NO3S/c1-3-4-5-6-7-8-15-28-19-12-10-18(11-13-19)22(25)24-21-16-17(2)9-14-20(21)23(26)27/h9-14,16H,3-8,15H2,1-2H3,(H,24,25)(H,26,27). The van der Waals surface area contributed by atoms with E-state index in [9.17, 15) is 14.7 Å². The fraction of sp³-hybridized carbons (Fsp3) is 0.391. The van der Waals surface area contributed by atoms with Gasteiger partial charge in [-0.05, 0) is 61.1 Å². The van der Waals surface area contributed by atoms with Crippen LogP contribution in [0.5, 0.6) is 0 Å². The number of hydrogen-bond acceptors (Lipinski definition) is 3. The number of carbonyl (C=O) groups excluding carboxylic acids is 1. The average molecular weight is 400 g/mol. The maximum Gasteiger partial charge on any atom is 0.337 e. The average Bonchev–Trinajstić information content (AvgIpc) is 2.67. The van der Waals surface area contributed by atoms with Crippen LogP contribution in [0.4, 0.5) is 5.69 Å². The molecule has 0 saturated carbocycles. The highest BCUT2D eigenvalue weighted by Gasteiger charge is 2.13. The van der Waals surface area contributed by atoms with Gasteiger partial charge in [-0.1, -0.05) is 45.1 Å². The molecular weight excluding hydrogens is 370 g/mol. The maximum atomic E-state index is 12.5. The van der Waals surface area contributed by atoms with Crippen molar-refractivity contribution < 1.29 is 14.7 Å². The zero-order chi connectivity index (χ0) is 20.4.